The van der Waals surface area contributed by atoms with E-state index in [1.54, 1.807) is 0 Å². The molecule has 0 heterocycles. The van der Waals surface area contributed by atoms with Crippen molar-refractivity contribution in [3.05, 3.63) is 12.2 Å². The number of nitrogens with one attached hydrogen (secondary N) is 2. The van der Waals surface area contributed by atoms with Crippen molar-refractivity contribution >= 4 is 22.5 Å². The monoisotopic (exact) mass is 162 g/mol. The molecule has 5 heteroatoms. The van der Waals surface area contributed by atoms with Crippen LogP contribution in [0.3, 0.4) is 0 Å². The van der Waals surface area contributed by atoms with Gasteiger partial charge >= 0.3 is 0 Å². The summed E-state index contributed by atoms with van der Waals surface area (Å²) in [5.41, 5.74) is -0.398. The molecule has 0 aromatic heterocycles. The molecule has 0 amide bonds. The van der Waals surface area contributed by atoms with Gasteiger partial charge in [0, 0.05) is 0 Å². The average Bonchev–Trinajstić information content (AvgIpc) is 1.82. The Morgan fingerprint density at radius 2 is 1.80 bits per heavy atom. The molecule has 0 rings (SSSR count). The fourth-order valence-corrected chi connectivity index (χ4v) is 0.312. The van der Waals surface area contributed by atoms with Gasteiger partial charge in [0.15, 0.2) is 6.29 Å². The largest absolute Gasteiger partial charge is 0.363 e. The predicted molar refractivity (Wildman–Crippen MR) is 38.7 cm³/mol. The molecule has 4 N–H and O–H groups in total. The van der Waals surface area contributed by atoms with Gasteiger partial charge in [-0.2, -0.15) is 0 Å². The zero-order chi connectivity index (χ0) is 8.15. The quantitative estimate of drug-likeness (QED) is 0.350. The van der Waals surface area contributed by atoms with Crippen LogP contribution >= 0.6 is 11.6 Å². The average molecular weight is 163 g/mol. The van der Waals surface area contributed by atoms with Crippen LogP contribution in [0.1, 0.15) is 0 Å². The van der Waals surface area contributed by atoms with Gasteiger partial charge < -0.3 is 10.2 Å². The summed E-state index contributed by atoms with van der Waals surface area (Å²) < 4.78 is 0. The van der Waals surface area contributed by atoms with E-state index in [1.807, 2.05) is 0 Å². The maximum absolute atomic E-state index is 8.30. The summed E-state index contributed by atoms with van der Waals surface area (Å²) in [5, 5.41) is 29.8. The van der Waals surface area contributed by atoms with Gasteiger partial charge in [-0.25, -0.2) is 0 Å². The lowest BCUT2D eigenvalue weighted by Crippen LogP contribution is -2.15. The summed E-state index contributed by atoms with van der Waals surface area (Å²) in [6, 6.07) is 0. The number of halogens is 1. The Morgan fingerprint density at radius 3 is 2.10 bits per heavy atom. The molecule has 0 aliphatic carbocycles. The zero-order valence-corrected chi connectivity index (χ0v) is 5.76. The molecular formula is C5H7ClN2O2. The van der Waals surface area contributed by atoms with Crippen molar-refractivity contribution in [3.8, 4) is 0 Å². The minimum Gasteiger partial charge on any atom is -0.363 e. The van der Waals surface area contributed by atoms with Crippen LogP contribution in [-0.2, 0) is 0 Å². The number of allylic oxidation sites excluding steroid dienone is 1. The van der Waals surface area contributed by atoms with Crippen LogP contribution in [0.5, 0.6) is 0 Å². The molecule has 0 aliphatic rings. The molecule has 10 heavy (non-hydrogen) atoms. The minimum atomic E-state index is -1.80. The Balaban J connectivity index is 3.90. The molecule has 0 saturated carbocycles. The third kappa shape index (κ3) is 4.20. The summed E-state index contributed by atoms with van der Waals surface area (Å²) in [7, 11) is 0. The highest BCUT2D eigenvalue weighted by atomic mass is 35.5. The highest BCUT2D eigenvalue weighted by Gasteiger charge is 1.99. The van der Waals surface area contributed by atoms with Gasteiger partial charge in [-0.05, 0) is 12.2 Å². The minimum absolute atomic E-state index is 0.259. The van der Waals surface area contributed by atoms with Gasteiger partial charge in [-0.15, -0.1) is 0 Å². The second kappa shape index (κ2) is 4.16. The lowest BCUT2D eigenvalue weighted by Gasteiger charge is -1.97. The first-order valence-electron chi connectivity index (χ1n) is 2.40. The fourth-order valence-electron chi connectivity index (χ4n) is 0.249. The van der Waals surface area contributed by atoms with Crippen molar-refractivity contribution in [2.45, 2.75) is 6.29 Å². The van der Waals surface area contributed by atoms with Gasteiger partial charge in [-0.1, -0.05) is 11.6 Å². The van der Waals surface area contributed by atoms with E-state index in [0.717, 1.165) is 12.2 Å². The summed E-state index contributed by atoms with van der Waals surface area (Å²) in [4.78, 5) is 0. The Labute approximate surface area is 62.8 Å². The molecule has 0 aromatic rings. The molecule has 0 unspecified atom stereocenters. The molecular weight excluding hydrogens is 156 g/mol. The normalized spacial score (nSPS) is 10.8. The molecule has 0 radical (unpaired) electrons. The first kappa shape index (κ1) is 9.29. The van der Waals surface area contributed by atoms with E-state index < -0.39 is 12.0 Å². The highest BCUT2D eigenvalue weighted by molar-refractivity contribution is 6.67. The second-order valence-corrected chi connectivity index (χ2v) is 1.92. The molecule has 0 aliphatic heterocycles. The van der Waals surface area contributed by atoms with Crippen molar-refractivity contribution < 1.29 is 10.2 Å². The van der Waals surface area contributed by atoms with Crippen LogP contribution in [0.2, 0.25) is 0 Å². The molecule has 0 bridgehead atoms. The highest BCUT2D eigenvalue weighted by Crippen LogP contribution is 1.87. The van der Waals surface area contributed by atoms with Crippen molar-refractivity contribution in [3.63, 3.8) is 0 Å². The predicted octanol–water partition coefficient (Wildman–Crippen LogP) is 0.0891. The maximum Gasteiger partial charge on any atom is 0.195 e. The van der Waals surface area contributed by atoms with Crippen LogP contribution in [0, 0.1) is 10.8 Å². The van der Waals surface area contributed by atoms with E-state index in [-0.39, 0.29) is 5.17 Å². The Kier molecular flexibility index (Phi) is 3.87. The first-order chi connectivity index (χ1) is 4.54. The van der Waals surface area contributed by atoms with Crippen LogP contribution in [0.25, 0.3) is 0 Å². The molecule has 4 nitrogen and oxygen atoms in total. The number of aliphatic hydroxyl groups is 2. The van der Waals surface area contributed by atoms with Crippen molar-refractivity contribution in [1.29, 1.82) is 10.8 Å². The third-order valence-electron chi connectivity index (χ3n) is 0.687. The summed E-state index contributed by atoms with van der Waals surface area (Å²) in [6.45, 7) is 0. The van der Waals surface area contributed by atoms with Crippen molar-refractivity contribution in [1.82, 2.24) is 0 Å². The number of hydrogen-bond donors (Lipinski definition) is 4. The van der Waals surface area contributed by atoms with E-state index in [2.05, 4.69) is 0 Å². The SMILES string of the molecule is N=C(Cl)/C=C\C(=N)C(O)O. The van der Waals surface area contributed by atoms with Gasteiger partial charge in [0.1, 0.15) is 5.17 Å². The van der Waals surface area contributed by atoms with E-state index in [0.29, 0.717) is 0 Å². The van der Waals surface area contributed by atoms with Crippen LogP contribution in [0.4, 0.5) is 0 Å². The first-order valence-corrected chi connectivity index (χ1v) is 2.78. The van der Waals surface area contributed by atoms with Crippen molar-refractivity contribution in [2.75, 3.05) is 0 Å². The molecule has 56 valence electrons. The lowest BCUT2D eigenvalue weighted by molar-refractivity contribution is 0.0198. The molecule has 0 atom stereocenters. The third-order valence-corrected chi connectivity index (χ3v) is 0.813. The summed E-state index contributed by atoms with van der Waals surface area (Å²) in [6.07, 6.45) is 0.329. The van der Waals surface area contributed by atoms with E-state index in [9.17, 15) is 0 Å². The Bertz CT molecular complexity index is 176. The maximum atomic E-state index is 8.30. The Morgan fingerprint density at radius 1 is 1.30 bits per heavy atom. The van der Waals surface area contributed by atoms with Crippen LogP contribution in [-0.4, -0.2) is 27.4 Å². The standard InChI is InChI=1S/C5H7ClN2O2/c6-4(8)2-1-3(7)5(9)10/h1-2,5,7-10H/b2-1-,7-3?,8-4?. The van der Waals surface area contributed by atoms with E-state index in [4.69, 9.17) is 32.6 Å². The second-order valence-electron chi connectivity index (χ2n) is 1.51. The van der Waals surface area contributed by atoms with Gasteiger partial charge in [0.25, 0.3) is 0 Å². The fraction of sp³-hybridized carbons (Fsp3) is 0.200. The number of aliphatic hydroxyl groups excluding tert-OH is 1. The van der Waals surface area contributed by atoms with Gasteiger partial charge in [-0.3, -0.25) is 10.8 Å². The lowest BCUT2D eigenvalue weighted by atomic mass is 10.3. The molecule has 0 fully saturated rings. The summed E-state index contributed by atoms with van der Waals surface area (Å²) >= 11 is 5.06. The van der Waals surface area contributed by atoms with Gasteiger partial charge in [0.2, 0.25) is 0 Å². The smallest absolute Gasteiger partial charge is 0.195 e. The van der Waals surface area contributed by atoms with Gasteiger partial charge in [0.05, 0.1) is 5.71 Å². The zero-order valence-electron chi connectivity index (χ0n) is 5.00. The molecule has 0 saturated heterocycles. The van der Waals surface area contributed by atoms with E-state index in [1.165, 1.54) is 0 Å². The van der Waals surface area contributed by atoms with E-state index >= 15 is 0 Å². The van der Waals surface area contributed by atoms with Crippen molar-refractivity contribution in [2.24, 2.45) is 0 Å². The molecule has 0 aromatic carbocycles. The van der Waals surface area contributed by atoms with Crippen LogP contribution < -0.4 is 0 Å². The number of rotatable bonds is 3. The molecule has 0 spiro atoms. The summed E-state index contributed by atoms with van der Waals surface area (Å²) in [5.74, 6) is 0. The van der Waals surface area contributed by atoms with Crippen LogP contribution in [0.15, 0.2) is 12.2 Å². The Hall–Kier alpha value is -0.710. The topological polar surface area (TPSA) is 88.2 Å². The number of hydrogen-bond acceptors (Lipinski definition) is 4.